The number of rotatable bonds is 28. The Balaban J connectivity index is 2.91. The molecular weight excluding hydrogens is 816 g/mol. The number of nitrogens with one attached hydrogen (secondary N) is 9. The number of hydrogen-bond acceptors (Lipinski definition) is 15. The summed E-state index contributed by atoms with van der Waals surface area (Å²) in [5.74, 6) is -11.6. The fraction of sp³-hybridized carbons (Fsp3) is 0.647. The van der Waals surface area contributed by atoms with Gasteiger partial charge < -0.3 is 80.4 Å². The molecule has 0 unspecified atom stereocenters. The van der Waals surface area contributed by atoms with E-state index in [1.54, 1.807) is 0 Å². The number of aliphatic hydroxyl groups is 2. The van der Waals surface area contributed by atoms with Crippen LogP contribution in [-0.2, 0) is 57.5 Å². The second kappa shape index (κ2) is 26.6. The molecule has 342 valence electrons. The fourth-order valence-corrected chi connectivity index (χ4v) is 5.36. The number of carboxylic acid groups (broad SMARTS) is 1. The Kier molecular flexibility index (Phi) is 22.9. The van der Waals surface area contributed by atoms with Gasteiger partial charge in [-0.1, -0.05) is 0 Å². The van der Waals surface area contributed by atoms with Crippen LogP contribution in [-0.4, -0.2) is 161 Å². The van der Waals surface area contributed by atoms with Gasteiger partial charge in [-0.05, 0) is 52.5 Å². The van der Waals surface area contributed by atoms with Crippen molar-refractivity contribution >= 4 is 70.9 Å². The molecule has 0 bridgehead atoms. The second-order valence-electron chi connectivity index (χ2n) is 13.9. The van der Waals surface area contributed by atoms with E-state index in [-0.39, 0.29) is 31.7 Å². The van der Waals surface area contributed by atoms with E-state index in [4.69, 9.17) is 22.3 Å². The standard InChI is InChI=1S/C34H56N12O15/c1-15(27(53)45-21(13-47)33(59)44-20(34(60)61)11-24(37)50)39-26(52)12-38-29(55)18(6-8-23(36)49)43-32(58)22(14-48)46-31(57)17(5-3-4-10-35)42-28(54)16(2)40-30(56)19-7-9-25(51)41-19/h15-22,47-48H,3-14,35H2,1-2H3,(H2,36,49)(H2,37,50)(H,38,55)(H,39,52)(H,40,56)(H,41,51)(H,42,54)(H,43,58)(H,44,59)(H,45,53)(H,46,57)(H,60,61)/t15-,16+,17+,18+,19+,20+,21+,22+/m1/s1. The van der Waals surface area contributed by atoms with Crippen molar-refractivity contribution in [2.24, 2.45) is 17.2 Å². The number of aliphatic carboxylic acids is 1. The third kappa shape index (κ3) is 19.4. The summed E-state index contributed by atoms with van der Waals surface area (Å²) in [5, 5.41) is 49.0. The van der Waals surface area contributed by atoms with E-state index < -0.39 is 152 Å². The van der Waals surface area contributed by atoms with Gasteiger partial charge >= 0.3 is 5.97 Å². The molecule has 0 spiro atoms. The van der Waals surface area contributed by atoms with Crippen LogP contribution in [0.1, 0.15) is 65.2 Å². The van der Waals surface area contributed by atoms with E-state index in [0.29, 0.717) is 12.8 Å². The van der Waals surface area contributed by atoms with Crippen molar-refractivity contribution in [2.75, 3.05) is 26.3 Å². The van der Waals surface area contributed by atoms with Crippen LogP contribution >= 0.6 is 0 Å². The molecule has 1 heterocycles. The molecule has 0 radical (unpaired) electrons. The smallest absolute Gasteiger partial charge is 0.326 e. The molecule has 0 aromatic heterocycles. The average Bonchev–Trinajstić information content (AvgIpc) is 3.64. The summed E-state index contributed by atoms with van der Waals surface area (Å²) < 4.78 is 0. The molecule has 0 saturated carbocycles. The lowest BCUT2D eigenvalue weighted by Crippen LogP contribution is -2.59. The first kappa shape index (κ1) is 52.5. The molecule has 8 atom stereocenters. The van der Waals surface area contributed by atoms with Crippen LogP contribution in [0.15, 0.2) is 0 Å². The Hall–Kier alpha value is -6.48. The van der Waals surface area contributed by atoms with Crippen molar-refractivity contribution in [3.63, 3.8) is 0 Å². The van der Waals surface area contributed by atoms with Crippen molar-refractivity contribution in [1.29, 1.82) is 0 Å². The van der Waals surface area contributed by atoms with Gasteiger partial charge in [-0.2, -0.15) is 0 Å². The van der Waals surface area contributed by atoms with E-state index in [1.165, 1.54) is 6.92 Å². The van der Waals surface area contributed by atoms with Gasteiger partial charge in [0.1, 0.15) is 48.3 Å². The van der Waals surface area contributed by atoms with Crippen molar-refractivity contribution in [3.05, 3.63) is 0 Å². The highest BCUT2D eigenvalue weighted by Crippen LogP contribution is 2.08. The summed E-state index contributed by atoms with van der Waals surface area (Å²) in [6.45, 7) is -0.115. The van der Waals surface area contributed by atoms with Gasteiger partial charge in [-0.15, -0.1) is 0 Å². The van der Waals surface area contributed by atoms with E-state index in [0.717, 1.165) is 6.92 Å². The molecule has 1 rings (SSSR count). The SMILES string of the molecule is C[C@H](NC(=O)[C@@H]1CCC(=O)N1)C(=O)N[C@@H](CCCCN)C(=O)N[C@@H](CO)C(=O)N[C@@H](CCC(N)=O)C(=O)NCC(=O)N[C@H](C)C(=O)N[C@@H](CO)C(=O)N[C@@H](CC(N)=O)C(=O)O. The van der Waals surface area contributed by atoms with Crippen LogP contribution in [0.3, 0.4) is 0 Å². The van der Waals surface area contributed by atoms with Crippen LogP contribution in [0.4, 0.5) is 0 Å². The van der Waals surface area contributed by atoms with Gasteiger partial charge in [0.15, 0.2) is 0 Å². The lowest BCUT2D eigenvalue weighted by Gasteiger charge is -2.25. The molecule has 27 nitrogen and oxygen atoms in total. The summed E-state index contributed by atoms with van der Waals surface area (Å²) in [5.41, 5.74) is 15.7. The molecule has 61 heavy (non-hydrogen) atoms. The lowest BCUT2D eigenvalue weighted by atomic mass is 10.1. The average molecular weight is 873 g/mol. The first-order chi connectivity index (χ1) is 28.6. The molecule has 1 aliphatic heterocycles. The Labute approximate surface area is 348 Å². The molecule has 1 aliphatic rings. The fourth-order valence-electron chi connectivity index (χ4n) is 5.36. The number of carbonyl (C=O) groups excluding carboxylic acids is 11. The zero-order chi connectivity index (χ0) is 46.4. The Morgan fingerprint density at radius 2 is 1.15 bits per heavy atom. The Morgan fingerprint density at radius 3 is 1.64 bits per heavy atom. The normalized spacial score (nSPS) is 16.6. The molecule has 11 amide bonds. The molecule has 0 aliphatic carbocycles. The number of carboxylic acids is 1. The van der Waals surface area contributed by atoms with Crippen molar-refractivity contribution < 1.29 is 72.9 Å². The molecule has 27 heteroatoms. The first-order valence-corrected chi connectivity index (χ1v) is 19.0. The Bertz CT molecular complexity index is 1650. The topological polar surface area (TPSA) is 452 Å². The lowest BCUT2D eigenvalue weighted by molar-refractivity contribution is -0.144. The van der Waals surface area contributed by atoms with Crippen LogP contribution in [0.5, 0.6) is 0 Å². The van der Waals surface area contributed by atoms with Crippen LogP contribution in [0, 0.1) is 0 Å². The number of carbonyl (C=O) groups is 12. The first-order valence-electron chi connectivity index (χ1n) is 19.0. The van der Waals surface area contributed by atoms with Gasteiger partial charge in [0.2, 0.25) is 65.0 Å². The predicted molar refractivity (Wildman–Crippen MR) is 206 cm³/mol. The van der Waals surface area contributed by atoms with Crippen molar-refractivity contribution in [2.45, 2.75) is 114 Å². The zero-order valence-corrected chi connectivity index (χ0v) is 33.6. The highest BCUT2D eigenvalue weighted by atomic mass is 16.4. The highest BCUT2D eigenvalue weighted by molar-refractivity contribution is 5.98. The van der Waals surface area contributed by atoms with Crippen molar-refractivity contribution in [1.82, 2.24) is 47.9 Å². The third-order valence-electron chi connectivity index (χ3n) is 8.80. The molecular formula is C34H56N12O15. The predicted octanol–water partition coefficient (Wildman–Crippen LogP) is -8.85. The number of primary amides is 2. The van der Waals surface area contributed by atoms with Gasteiger partial charge in [0.05, 0.1) is 26.2 Å². The summed E-state index contributed by atoms with van der Waals surface area (Å²) >= 11 is 0. The van der Waals surface area contributed by atoms with Crippen LogP contribution in [0.2, 0.25) is 0 Å². The zero-order valence-electron chi connectivity index (χ0n) is 33.6. The quantitative estimate of drug-likeness (QED) is 0.0325. The highest BCUT2D eigenvalue weighted by Gasteiger charge is 2.33. The number of aliphatic hydroxyl groups excluding tert-OH is 2. The summed E-state index contributed by atoms with van der Waals surface area (Å²) in [7, 11) is 0. The molecule has 1 fully saturated rings. The maximum Gasteiger partial charge on any atom is 0.326 e. The van der Waals surface area contributed by atoms with Gasteiger partial charge in [0.25, 0.3) is 0 Å². The molecule has 18 N–H and O–H groups in total. The summed E-state index contributed by atoms with van der Waals surface area (Å²) in [4.78, 5) is 148. The molecule has 0 aromatic carbocycles. The largest absolute Gasteiger partial charge is 0.480 e. The van der Waals surface area contributed by atoms with Gasteiger partial charge in [-0.3, -0.25) is 52.7 Å². The van der Waals surface area contributed by atoms with Crippen LogP contribution < -0.4 is 65.1 Å². The summed E-state index contributed by atoms with van der Waals surface area (Å²) in [6.07, 6.45) is -0.496. The second-order valence-corrected chi connectivity index (χ2v) is 13.9. The minimum atomic E-state index is -1.77. The van der Waals surface area contributed by atoms with Gasteiger partial charge in [0, 0.05) is 12.8 Å². The van der Waals surface area contributed by atoms with Gasteiger partial charge in [-0.25, -0.2) is 4.79 Å². The number of hydrogen-bond donors (Lipinski definition) is 15. The van der Waals surface area contributed by atoms with E-state index in [1.807, 2.05) is 5.32 Å². The summed E-state index contributed by atoms with van der Waals surface area (Å²) in [6, 6.07) is -11.5. The molecule has 0 aromatic rings. The monoisotopic (exact) mass is 872 g/mol. The van der Waals surface area contributed by atoms with E-state index in [2.05, 4.69) is 42.5 Å². The maximum absolute atomic E-state index is 13.3. The van der Waals surface area contributed by atoms with Crippen molar-refractivity contribution in [3.8, 4) is 0 Å². The van der Waals surface area contributed by atoms with E-state index in [9.17, 15) is 67.7 Å². The third-order valence-corrected chi connectivity index (χ3v) is 8.80. The minimum Gasteiger partial charge on any atom is -0.480 e. The maximum atomic E-state index is 13.3. The number of amides is 11. The minimum absolute atomic E-state index is 0.0167. The molecule has 1 saturated heterocycles. The number of nitrogens with two attached hydrogens (primary N) is 3. The van der Waals surface area contributed by atoms with E-state index >= 15 is 0 Å². The van der Waals surface area contributed by atoms with Crippen LogP contribution in [0.25, 0.3) is 0 Å². The number of unbranched alkanes of at least 4 members (excludes halogenated alkanes) is 1. The Morgan fingerprint density at radius 1 is 0.656 bits per heavy atom.